The Morgan fingerprint density at radius 2 is 1.00 bits per heavy atom. The lowest BCUT2D eigenvalue weighted by atomic mass is 10.0. The van der Waals surface area contributed by atoms with E-state index in [1.54, 1.807) is 37.2 Å². The highest BCUT2D eigenvalue weighted by Crippen LogP contribution is 2.33. The molecular weight excluding hydrogens is 522 g/mol. The summed E-state index contributed by atoms with van der Waals surface area (Å²) >= 11 is 3.69. The van der Waals surface area contributed by atoms with Crippen molar-refractivity contribution < 1.29 is 0 Å². The molecule has 0 aliphatic carbocycles. The summed E-state index contributed by atoms with van der Waals surface area (Å²) in [4.78, 5) is 22.4. The predicted molar refractivity (Wildman–Crippen MR) is 150 cm³/mol. The van der Waals surface area contributed by atoms with Crippen LogP contribution in [0.2, 0.25) is 0 Å². The summed E-state index contributed by atoms with van der Waals surface area (Å²) in [6.45, 7) is 0. The van der Waals surface area contributed by atoms with E-state index in [1.807, 2.05) is 42.5 Å². The largest absolute Gasteiger partial charge is 0.265 e. The maximum Gasteiger partial charge on any atom is 0.161 e. The molecule has 0 aliphatic rings. The number of hydrogen-bond donors (Lipinski definition) is 0. The van der Waals surface area contributed by atoms with Gasteiger partial charge in [-0.25, -0.2) is 9.97 Å². The van der Waals surface area contributed by atoms with E-state index in [0.29, 0.717) is 5.82 Å². The first kappa shape index (κ1) is 22.9. The Morgan fingerprint density at radius 1 is 0.432 bits per heavy atom. The molecule has 2 aromatic carbocycles. The van der Waals surface area contributed by atoms with Crippen LogP contribution in [0, 0.1) is 0 Å². The number of halogens is 1. The van der Waals surface area contributed by atoms with Gasteiger partial charge in [-0.05, 0) is 82.9 Å². The summed E-state index contributed by atoms with van der Waals surface area (Å²) in [6.07, 6.45) is 10.8. The quantitative estimate of drug-likeness (QED) is 0.223. The van der Waals surface area contributed by atoms with Crippen LogP contribution < -0.4 is 0 Å². The number of aromatic nitrogens is 5. The molecule has 4 heterocycles. The average Bonchev–Trinajstić information content (AvgIpc) is 2.98. The van der Waals surface area contributed by atoms with Gasteiger partial charge in [-0.2, -0.15) is 0 Å². The highest BCUT2D eigenvalue weighted by Gasteiger charge is 2.13. The maximum atomic E-state index is 4.95. The summed E-state index contributed by atoms with van der Waals surface area (Å²) < 4.78 is 0.974. The fourth-order valence-electron chi connectivity index (χ4n) is 4.19. The third kappa shape index (κ3) is 5.06. The van der Waals surface area contributed by atoms with Crippen LogP contribution in [0.5, 0.6) is 0 Å². The molecule has 0 saturated heterocycles. The SMILES string of the molecule is Brc1cc(-c2ccncc2)cc(-c2cc(-c3ccc(-c4ccncc4)cc3)nc(-c3cccnc3)n2)c1. The zero-order valence-corrected chi connectivity index (χ0v) is 21.2. The van der Waals surface area contributed by atoms with Gasteiger partial charge in [0.15, 0.2) is 5.82 Å². The third-order valence-corrected chi connectivity index (χ3v) is 6.51. The number of rotatable bonds is 5. The normalized spacial score (nSPS) is 10.8. The Morgan fingerprint density at radius 3 is 1.65 bits per heavy atom. The Balaban J connectivity index is 1.47. The lowest BCUT2D eigenvalue weighted by Gasteiger charge is -2.11. The van der Waals surface area contributed by atoms with Gasteiger partial charge >= 0.3 is 0 Å². The second kappa shape index (κ2) is 10.2. The zero-order valence-electron chi connectivity index (χ0n) is 19.7. The van der Waals surface area contributed by atoms with E-state index in [1.165, 1.54) is 0 Å². The molecule has 0 N–H and O–H groups in total. The monoisotopic (exact) mass is 541 g/mol. The predicted octanol–water partition coefficient (Wildman–Crippen LogP) is 7.76. The molecule has 37 heavy (non-hydrogen) atoms. The van der Waals surface area contributed by atoms with E-state index in [4.69, 9.17) is 9.97 Å². The first-order valence-electron chi connectivity index (χ1n) is 11.7. The first-order chi connectivity index (χ1) is 18.2. The van der Waals surface area contributed by atoms with E-state index in [2.05, 4.69) is 73.3 Å². The van der Waals surface area contributed by atoms with Crippen LogP contribution in [-0.4, -0.2) is 24.9 Å². The van der Waals surface area contributed by atoms with Crippen LogP contribution >= 0.6 is 15.9 Å². The van der Waals surface area contributed by atoms with Crippen molar-refractivity contribution >= 4 is 15.9 Å². The smallest absolute Gasteiger partial charge is 0.161 e. The van der Waals surface area contributed by atoms with Gasteiger partial charge in [0.2, 0.25) is 0 Å². The summed E-state index contributed by atoms with van der Waals surface area (Å²) in [6, 6.07) is 28.7. The molecule has 0 unspecified atom stereocenters. The molecule has 0 radical (unpaired) electrons. The second-order valence-corrected chi connectivity index (χ2v) is 9.40. The van der Waals surface area contributed by atoms with Gasteiger partial charge < -0.3 is 0 Å². The van der Waals surface area contributed by atoms with Crippen molar-refractivity contribution in [3.05, 3.63) is 127 Å². The molecule has 0 saturated carbocycles. The highest BCUT2D eigenvalue weighted by atomic mass is 79.9. The van der Waals surface area contributed by atoms with Crippen molar-refractivity contribution in [1.82, 2.24) is 24.9 Å². The van der Waals surface area contributed by atoms with E-state index >= 15 is 0 Å². The molecule has 6 rings (SSSR count). The van der Waals surface area contributed by atoms with E-state index in [0.717, 1.165) is 54.8 Å². The number of hydrogen-bond acceptors (Lipinski definition) is 5. The fourth-order valence-corrected chi connectivity index (χ4v) is 4.69. The Labute approximate surface area is 223 Å². The molecular formula is C31H20BrN5. The topological polar surface area (TPSA) is 64.5 Å². The second-order valence-electron chi connectivity index (χ2n) is 8.48. The molecule has 176 valence electrons. The van der Waals surface area contributed by atoms with Crippen molar-refractivity contribution in [2.45, 2.75) is 0 Å². The van der Waals surface area contributed by atoms with Crippen molar-refractivity contribution in [1.29, 1.82) is 0 Å². The zero-order chi connectivity index (χ0) is 25.0. The van der Waals surface area contributed by atoms with Crippen molar-refractivity contribution in [3.8, 4) is 56.2 Å². The molecule has 0 atom stereocenters. The van der Waals surface area contributed by atoms with Crippen molar-refractivity contribution in [2.24, 2.45) is 0 Å². The van der Waals surface area contributed by atoms with Gasteiger partial charge in [0.1, 0.15) is 0 Å². The van der Waals surface area contributed by atoms with E-state index in [9.17, 15) is 0 Å². The van der Waals surface area contributed by atoms with Crippen LogP contribution in [0.1, 0.15) is 0 Å². The van der Waals surface area contributed by atoms with Crippen LogP contribution in [0.15, 0.2) is 127 Å². The first-order valence-corrected chi connectivity index (χ1v) is 12.5. The lowest BCUT2D eigenvalue weighted by molar-refractivity contribution is 1.17. The summed E-state index contributed by atoms with van der Waals surface area (Å²) in [5, 5.41) is 0. The standard InChI is InChI=1S/C31H20BrN5/c32-28-17-26(23-9-14-34-15-10-23)16-27(18-28)30-19-29(36-31(37-30)25-2-1-11-35-20-25)24-5-3-21(4-6-24)22-7-12-33-13-8-22/h1-20H. The van der Waals surface area contributed by atoms with Crippen LogP contribution in [-0.2, 0) is 0 Å². The van der Waals surface area contributed by atoms with Crippen LogP contribution in [0.3, 0.4) is 0 Å². The minimum atomic E-state index is 0.629. The molecule has 0 aliphatic heterocycles. The lowest BCUT2D eigenvalue weighted by Crippen LogP contribution is -1.96. The number of nitrogens with zero attached hydrogens (tertiary/aromatic N) is 5. The van der Waals surface area contributed by atoms with Crippen molar-refractivity contribution in [3.63, 3.8) is 0 Å². The van der Waals surface area contributed by atoms with Crippen LogP contribution in [0.4, 0.5) is 0 Å². The Hall–Kier alpha value is -4.55. The Kier molecular flexibility index (Phi) is 6.31. The van der Waals surface area contributed by atoms with Gasteiger partial charge in [0.25, 0.3) is 0 Å². The third-order valence-electron chi connectivity index (χ3n) is 6.05. The Bertz CT molecular complexity index is 1660. The molecule has 6 aromatic rings. The van der Waals surface area contributed by atoms with Gasteiger partial charge in [0, 0.05) is 58.3 Å². The summed E-state index contributed by atoms with van der Waals surface area (Å²) in [5.41, 5.74) is 8.96. The van der Waals surface area contributed by atoms with Crippen LogP contribution in [0.25, 0.3) is 56.2 Å². The number of benzene rings is 2. The minimum absolute atomic E-state index is 0.629. The molecule has 0 amide bonds. The average molecular weight is 542 g/mol. The molecule has 5 nitrogen and oxygen atoms in total. The van der Waals surface area contributed by atoms with Gasteiger partial charge in [-0.3, -0.25) is 15.0 Å². The van der Waals surface area contributed by atoms with E-state index in [-0.39, 0.29) is 0 Å². The minimum Gasteiger partial charge on any atom is -0.265 e. The van der Waals surface area contributed by atoms with Gasteiger partial charge in [-0.15, -0.1) is 0 Å². The van der Waals surface area contributed by atoms with Gasteiger partial charge in [-0.1, -0.05) is 40.2 Å². The summed E-state index contributed by atoms with van der Waals surface area (Å²) in [7, 11) is 0. The fraction of sp³-hybridized carbons (Fsp3) is 0. The molecule has 0 fully saturated rings. The van der Waals surface area contributed by atoms with E-state index < -0.39 is 0 Å². The summed E-state index contributed by atoms with van der Waals surface area (Å²) in [5.74, 6) is 0.629. The molecule has 4 aromatic heterocycles. The highest BCUT2D eigenvalue weighted by molar-refractivity contribution is 9.10. The molecule has 0 bridgehead atoms. The maximum absolute atomic E-state index is 4.95. The molecule has 0 spiro atoms. The van der Waals surface area contributed by atoms with Gasteiger partial charge in [0.05, 0.1) is 11.4 Å². The molecule has 6 heteroatoms. The number of pyridine rings is 3. The van der Waals surface area contributed by atoms with Crippen molar-refractivity contribution in [2.75, 3.05) is 0 Å².